The molecule has 1 aromatic rings. The second-order valence-corrected chi connectivity index (χ2v) is 8.68. The largest absolute Gasteiger partial charge is 0.442 e. The average Bonchev–Trinajstić information content (AvgIpc) is 2.85. The number of hydrogen-bond donors (Lipinski definition) is 2. The van der Waals surface area contributed by atoms with Crippen LogP contribution < -0.4 is 15.8 Å². The van der Waals surface area contributed by atoms with E-state index >= 15 is 0 Å². The van der Waals surface area contributed by atoms with E-state index in [0.717, 1.165) is 63.1 Å². The monoisotopic (exact) mass is 450 g/mol. The highest BCUT2D eigenvalue weighted by molar-refractivity contribution is 5.80. The maximum atomic E-state index is 11.7. The standard InChI is InChI=1S/C25H34N6O2/c1-3-22-25(33-21-6-4-5-18(15-21)16-26)29-24(23(17-32)28-22)27-19-7-9-20(10-8-19)31-13-11-30(2)12-14-31/h5,7,9-10,15,17,19H,3-4,6,8,11-14,16,26H2,1-2H3,(H,27,29). The molecular formula is C25H34N6O2. The van der Waals surface area contributed by atoms with Crippen LogP contribution in [0.2, 0.25) is 0 Å². The number of ether oxygens (including phenoxy) is 1. The van der Waals surface area contributed by atoms with Crippen LogP contribution in [0.4, 0.5) is 5.82 Å². The number of carbonyl (C=O) groups is 1. The van der Waals surface area contributed by atoms with Gasteiger partial charge in [-0.05, 0) is 44.0 Å². The summed E-state index contributed by atoms with van der Waals surface area (Å²) < 4.78 is 6.14. The Labute approximate surface area is 195 Å². The van der Waals surface area contributed by atoms with Crippen LogP contribution in [0.1, 0.15) is 42.4 Å². The third-order valence-corrected chi connectivity index (χ3v) is 6.28. The molecule has 2 heterocycles. The molecule has 0 bridgehead atoms. The normalized spacial score (nSPS) is 21.2. The summed E-state index contributed by atoms with van der Waals surface area (Å²) in [4.78, 5) is 25.7. The second-order valence-electron chi connectivity index (χ2n) is 8.68. The summed E-state index contributed by atoms with van der Waals surface area (Å²) in [5, 5.41) is 3.39. The van der Waals surface area contributed by atoms with Crippen molar-refractivity contribution < 1.29 is 9.53 Å². The van der Waals surface area contributed by atoms with Gasteiger partial charge in [-0.3, -0.25) is 4.79 Å². The highest BCUT2D eigenvalue weighted by Gasteiger charge is 2.21. The van der Waals surface area contributed by atoms with E-state index in [2.05, 4.69) is 56.4 Å². The molecule has 8 heteroatoms. The van der Waals surface area contributed by atoms with Crippen molar-refractivity contribution in [1.82, 2.24) is 19.8 Å². The van der Waals surface area contributed by atoms with E-state index < -0.39 is 0 Å². The van der Waals surface area contributed by atoms with Gasteiger partial charge >= 0.3 is 0 Å². The molecule has 1 unspecified atom stereocenters. The molecule has 1 saturated heterocycles. The fourth-order valence-corrected chi connectivity index (χ4v) is 4.25. The lowest BCUT2D eigenvalue weighted by molar-refractivity contribution is 0.111. The first-order valence-electron chi connectivity index (χ1n) is 11.8. The molecule has 4 rings (SSSR count). The number of aromatic nitrogens is 2. The molecule has 176 valence electrons. The lowest BCUT2D eigenvalue weighted by Gasteiger charge is -2.35. The van der Waals surface area contributed by atoms with Crippen LogP contribution in [0.5, 0.6) is 5.88 Å². The summed E-state index contributed by atoms with van der Waals surface area (Å²) >= 11 is 0. The van der Waals surface area contributed by atoms with Gasteiger partial charge in [0, 0.05) is 50.9 Å². The van der Waals surface area contributed by atoms with Crippen molar-refractivity contribution in [1.29, 1.82) is 0 Å². The molecule has 0 radical (unpaired) electrons. The van der Waals surface area contributed by atoms with Crippen LogP contribution in [-0.4, -0.2) is 71.9 Å². The summed E-state index contributed by atoms with van der Waals surface area (Å²) in [6.07, 6.45) is 14.5. The zero-order chi connectivity index (χ0) is 23.2. The van der Waals surface area contributed by atoms with Crippen molar-refractivity contribution in [2.45, 2.75) is 38.6 Å². The van der Waals surface area contributed by atoms with E-state index in [1.807, 2.05) is 13.0 Å². The number of nitrogens with two attached hydrogens (primary N) is 1. The number of nitrogens with one attached hydrogen (secondary N) is 1. The van der Waals surface area contributed by atoms with Crippen LogP contribution in [0.25, 0.3) is 0 Å². The van der Waals surface area contributed by atoms with Gasteiger partial charge in [0.1, 0.15) is 17.1 Å². The van der Waals surface area contributed by atoms with Crippen molar-refractivity contribution in [3.8, 4) is 5.88 Å². The summed E-state index contributed by atoms with van der Waals surface area (Å²) in [6.45, 7) is 6.71. The minimum atomic E-state index is 0.0372. The lowest BCUT2D eigenvalue weighted by atomic mass is 10.1. The molecule has 1 aromatic heterocycles. The molecule has 33 heavy (non-hydrogen) atoms. The quantitative estimate of drug-likeness (QED) is 0.584. The average molecular weight is 451 g/mol. The van der Waals surface area contributed by atoms with Crippen LogP contribution in [0.3, 0.4) is 0 Å². The number of nitrogens with zero attached hydrogens (tertiary/aromatic N) is 4. The van der Waals surface area contributed by atoms with Crippen molar-refractivity contribution in [2.75, 3.05) is 45.1 Å². The van der Waals surface area contributed by atoms with Crippen molar-refractivity contribution >= 4 is 12.1 Å². The highest BCUT2D eigenvalue weighted by atomic mass is 16.5. The highest BCUT2D eigenvalue weighted by Crippen LogP contribution is 2.27. The molecular weight excluding hydrogens is 416 g/mol. The van der Waals surface area contributed by atoms with E-state index in [4.69, 9.17) is 10.5 Å². The van der Waals surface area contributed by atoms with E-state index in [9.17, 15) is 4.79 Å². The molecule has 0 aromatic carbocycles. The van der Waals surface area contributed by atoms with Gasteiger partial charge in [-0.2, -0.15) is 4.98 Å². The zero-order valence-electron chi connectivity index (χ0n) is 19.6. The first-order chi connectivity index (χ1) is 16.1. The molecule has 3 N–H and O–H groups in total. The molecule has 8 nitrogen and oxygen atoms in total. The summed E-state index contributed by atoms with van der Waals surface area (Å²) in [7, 11) is 2.16. The number of carbonyl (C=O) groups excluding carboxylic acids is 1. The number of aldehydes is 1. The summed E-state index contributed by atoms with van der Waals surface area (Å²) in [5.74, 6) is 1.72. The molecule has 1 atom stereocenters. The van der Waals surface area contributed by atoms with E-state index in [1.165, 1.54) is 5.70 Å². The first kappa shape index (κ1) is 23.2. The third kappa shape index (κ3) is 5.69. The maximum Gasteiger partial charge on any atom is 0.242 e. The topological polar surface area (TPSA) is 96.6 Å². The van der Waals surface area contributed by atoms with Crippen molar-refractivity contribution in [3.63, 3.8) is 0 Å². The Kier molecular flexibility index (Phi) is 7.57. The number of anilines is 1. The fourth-order valence-electron chi connectivity index (χ4n) is 4.25. The number of rotatable bonds is 8. The van der Waals surface area contributed by atoms with E-state index in [0.29, 0.717) is 36.1 Å². The van der Waals surface area contributed by atoms with Crippen molar-refractivity contribution in [2.24, 2.45) is 5.73 Å². The molecule has 1 fully saturated rings. The van der Waals surface area contributed by atoms with Gasteiger partial charge in [0.25, 0.3) is 0 Å². The summed E-state index contributed by atoms with van der Waals surface area (Å²) in [5.41, 5.74) is 9.08. The van der Waals surface area contributed by atoms with Gasteiger partial charge in [-0.15, -0.1) is 0 Å². The Morgan fingerprint density at radius 1 is 1.24 bits per heavy atom. The van der Waals surface area contributed by atoms with Crippen LogP contribution >= 0.6 is 0 Å². The van der Waals surface area contributed by atoms with E-state index in [1.54, 1.807) is 0 Å². The molecule has 2 aliphatic carbocycles. The predicted octanol–water partition coefficient (Wildman–Crippen LogP) is 2.66. The summed E-state index contributed by atoms with van der Waals surface area (Å²) in [6, 6.07) is 0.0372. The molecule has 0 saturated carbocycles. The number of aryl methyl sites for hydroxylation is 1. The molecule has 1 aliphatic heterocycles. The second kappa shape index (κ2) is 10.8. The Bertz CT molecular complexity index is 989. The predicted molar refractivity (Wildman–Crippen MR) is 130 cm³/mol. The van der Waals surface area contributed by atoms with Crippen LogP contribution in [-0.2, 0) is 6.42 Å². The van der Waals surface area contributed by atoms with Gasteiger partial charge in [0.05, 0.1) is 0 Å². The van der Waals surface area contributed by atoms with Gasteiger partial charge < -0.3 is 25.6 Å². The number of hydrogen-bond acceptors (Lipinski definition) is 8. The van der Waals surface area contributed by atoms with Gasteiger partial charge in [0.2, 0.25) is 5.88 Å². The van der Waals surface area contributed by atoms with Crippen LogP contribution in [0.15, 0.2) is 47.4 Å². The fraction of sp³-hybridized carbons (Fsp3) is 0.480. The lowest BCUT2D eigenvalue weighted by Crippen LogP contribution is -2.43. The Balaban J connectivity index is 1.48. The Hall–Kier alpha value is -2.97. The van der Waals surface area contributed by atoms with Gasteiger partial charge in [0.15, 0.2) is 12.1 Å². The minimum absolute atomic E-state index is 0.0372. The third-order valence-electron chi connectivity index (χ3n) is 6.28. The smallest absolute Gasteiger partial charge is 0.242 e. The maximum absolute atomic E-state index is 11.7. The minimum Gasteiger partial charge on any atom is -0.442 e. The first-order valence-corrected chi connectivity index (χ1v) is 11.8. The Morgan fingerprint density at radius 2 is 2.06 bits per heavy atom. The molecule has 0 amide bonds. The van der Waals surface area contributed by atoms with Crippen LogP contribution in [0, 0.1) is 0 Å². The number of allylic oxidation sites excluding steroid dienone is 3. The van der Waals surface area contributed by atoms with Gasteiger partial charge in [-0.25, -0.2) is 4.98 Å². The SMILES string of the molecule is CCc1nc(C=O)c(NC2C=CC(N3CCN(C)CC3)=CC2)nc1OC1=CC(CN)=CCC1. The number of piperazine rings is 1. The van der Waals surface area contributed by atoms with Gasteiger partial charge in [-0.1, -0.05) is 25.2 Å². The molecule has 3 aliphatic rings. The van der Waals surface area contributed by atoms with Crippen molar-refractivity contribution in [3.05, 3.63) is 58.8 Å². The van der Waals surface area contributed by atoms with E-state index in [-0.39, 0.29) is 6.04 Å². The number of likely N-dealkylation sites (N-methyl/N-ethyl adjacent to an activating group) is 1. The Morgan fingerprint density at radius 3 is 2.73 bits per heavy atom. The zero-order valence-corrected chi connectivity index (χ0v) is 19.6. The molecule has 0 spiro atoms.